The molecule has 4 nitrogen and oxygen atoms in total. The Kier molecular flexibility index (Phi) is 4.90. The van der Waals surface area contributed by atoms with Crippen LogP contribution in [0.3, 0.4) is 0 Å². The quantitative estimate of drug-likeness (QED) is 0.682. The molecule has 0 radical (unpaired) electrons. The van der Waals surface area contributed by atoms with E-state index in [1.54, 1.807) is 7.11 Å². The highest BCUT2D eigenvalue weighted by Gasteiger charge is 2.21. The first-order valence-electron chi connectivity index (χ1n) is 8.25. The number of fused-ring (bicyclic) bond motifs is 1. The first-order chi connectivity index (χ1) is 12.0. The molecule has 2 heterocycles. The molecule has 3 rings (SSSR count). The van der Waals surface area contributed by atoms with Crippen molar-refractivity contribution in [1.29, 1.82) is 0 Å². The number of hydrogen-bond acceptors (Lipinski definition) is 4. The molecule has 0 unspecified atom stereocenters. The van der Waals surface area contributed by atoms with Crippen LogP contribution in [0.15, 0.2) is 23.0 Å². The van der Waals surface area contributed by atoms with Crippen molar-refractivity contribution in [2.24, 2.45) is 0 Å². The lowest BCUT2D eigenvalue weighted by atomic mass is 10.0. The van der Waals surface area contributed by atoms with Gasteiger partial charge in [-0.3, -0.25) is 9.36 Å². The molecule has 0 N–H and O–H groups in total. The van der Waals surface area contributed by atoms with Gasteiger partial charge in [0.05, 0.1) is 19.0 Å². The number of rotatable bonds is 5. The van der Waals surface area contributed by atoms with Crippen LogP contribution in [0, 0.1) is 13.8 Å². The van der Waals surface area contributed by atoms with Crippen molar-refractivity contribution in [3.63, 3.8) is 0 Å². The van der Waals surface area contributed by atoms with E-state index in [-0.39, 0.29) is 12.1 Å². The van der Waals surface area contributed by atoms with Gasteiger partial charge < -0.3 is 4.74 Å². The molecule has 0 saturated heterocycles. The maximum absolute atomic E-state index is 13.1. The fourth-order valence-corrected chi connectivity index (χ4v) is 4.21. The van der Waals surface area contributed by atoms with Crippen LogP contribution in [0.1, 0.15) is 23.2 Å². The summed E-state index contributed by atoms with van der Waals surface area (Å²) in [5, 5.41) is 0.553. The van der Waals surface area contributed by atoms with Crippen molar-refractivity contribution < 1.29 is 9.13 Å². The van der Waals surface area contributed by atoms with Gasteiger partial charge in [0.25, 0.3) is 5.56 Å². The zero-order valence-electron chi connectivity index (χ0n) is 14.9. The third-order valence-corrected chi connectivity index (χ3v) is 5.31. The molecule has 2 aromatic heterocycles. The Balaban J connectivity index is 2.41. The van der Waals surface area contributed by atoms with Gasteiger partial charge in [0.15, 0.2) is 0 Å². The van der Waals surface area contributed by atoms with Crippen LogP contribution in [0.4, 0.5) is 4.39 Å². The van der Waals surface area contributed by atoms with Gasteiger partial charge in [-0.1, -0.05) is 18.6 Å². The highest BCUT2D eigenvalue weighted by atomic mass is 32.1. The zero-order valence-corrected chi connectivity index (χ0v) is 15.7. The van der Waals surface area contributed by atoms with Gasteiger partial charge in [0, 0.05) is 22.4 Å². The van der Waals surface area contributed by atoms with Gasteiger partial charge in [-0.05, 0) is 26.0 Å². The van der Waals surface area contributed by atoms with Gasteiger partial charge >= 0.3 is 0 Å². The topological polar surface area (TPSA) is 44.1 Å². The Morgan fingerprint density at radius 3 is 2.72 bits per heavy atom. The Hall–Kier alpha value is -2.21. The minimum atomic E-state index is -0.591. The second kappa shape index (κ2) is 6.96. The number of benzene rings is 1. The Bertz CT molecular complexity index is 991. The predicted molar refractivity (Wildman–Crippen MR) is 101 cm³/mol. The van der Waals surface area contributed by atoms with Crippen LogP contribution in [0.5, 0.6) is 5.75 Å². The number of methoxy groups -OCH3 is 1. The second-order valence-corrected chi connectivity index (χ2v) is 7.15. The molecule has 0 saturated carbocycles. The number of thiophene rings is 1. The number of nitrogens with zero attached hydrogens (tertiary/aromatic N) is 2. The van der Waals surface area contributed by atoms with Crippen molar-refractivity contribution in [2.45, 2.75) is 33.7 Å². The fraction of sp³-hybridized carbons (Fsp3) is 0.368. The summed E-state index contributed by atoms with van der Waals surface area (Å²) in [6.45, 7) is 5.35. The van der Waals surface area contributed by atoms with Crippen molar-refractivity contribution in [3.05, 3.63) is 44.8 Å². The van der Waals surface area contributed by atoms with Crippen LogP contribution in [-0.2, 0) is 13.0 Å². The monoisotopic (exact) mass is 360 g/mol. The summed E-state index contributed by atoms with van der Waals surface area (Å²) < 4.78 is 19.9. The molecular weight excluding hydrogens is 339 g/mol. The lowest BCUT2D eigenvalue weighted by molar-refractivity contribution is 0.416. The number of halogens is 1. The molecule has 0 aliphatic carbocycles. The Morgan fingerprint density at radius 2 is 2.08 bits per heavy atom. The number of aromatic nitrogens is 2. The number of hydrogen-bond donors (Lipinski definition) is 0. The van der Waals surface area contributed by atoms with Gasteiger partial charge in [0.1, 0.15) is 23.1 Å². The smallest absolute Gasteiger partial charge is 0.263 e. The van der Waals surface area contributed by atoms with E-state index in [9.17, 15) is 9.18 Å². The van der Waals surface area contributed by atoms with Crippen molar-refractivity contribution in [2.75, 3.05) is 13.8 Å². The molecule has 3 aromatic rings. The summed E-state index contributed by atoms with van der Waals surface area (Å²) in [4.78, 5) is 19.4. The first kappa shape index (κ1) is 17.6. The molecule has 25 heavy (non-hydrogen) atoms. The van der Waals surface area contributed by atoms with Crippen molar-refractivity contribution >= 4 is 21.6 Å². The second-order valence-electron chi connectivity index (χ2n) is 5.94. The summed E-state index contributed by atoms with van der Waals surface area (Å²) in [5.74, 6) is 1.34. The van der Waals surface area contributed by atoms with E-state index < -0.39 is 6.67 Å². The Morgan fingerprint density at radius 1 is 1.32 bits per heavy atom. The van der Waals surface area contributed by atoms with Crippen LogP contribution < -0.4 is 10.3 Å². The average molecular weight is 360 g/mol. The summed E-state index contributed by atoms with van der Waals surface area (Å²) in [5.41, 5.74) is 2.62. The molecule has 0 spiro atoms. The maximum Gasteiger partial charge on any atom is 0.263 e. The number of aryl methyl sites for hydroxylation is 3. The molecule has 0 aliphatic heterocycles. The molecule has 132 valence electrons. The normalized spacial score (nSPS) is 11.2. The minimum absolute atomic E-state index is 0.0320. The predicted octanol–water partition coefficient (Wildman–Crippen LogP) is 4.28. The summed E-state index contributed by atoms with van der Waals surface area (Å²) >= 11 is 1.50. The lowest BCUT2D eigenvalue weighted by Gasteiger charge is -2.12. The van der Waals surface area contributed by atoms with E-state index in [1.165, 1.54) is 15.9 Å². The van der Waals surface area contributed by atoms with Gasteiger partial charge in [0.2, 0.25) is 0 Å². The van der Waals surface area contributed by atoms with E-state index >= 15 is 0 Å². The summed E-state index contributed by atoms with van der Waals surface area (Å²) in [6, 6.07) is 5.89. The SMILES string of the molecule is CCc1nc2sc(C)c(-c3cc(C)ccc3OC)c2c(=O)n1CCF. The molecule has 0 bridgehead atoms. The van der Waals surface area contributed by atoms with Crippen LogP contribution in [0.2, 0.25) is 0 Å². The average Bonchev–Trinajstić information content (AvgIpc) is 2.93. The van der Waals surface area contributed by atoms with E-state index in [1.807, 2.05) is 39.0 Å². The molecular formula is C19H21FN2O2S. The largest absolute Gasteiger partial charge is 0.496 e. The zero-order chi connectivity index (χ0) is 18.1. The number of ether oxygens (including phenoxy) is 1. The van der Waals surface area contributed by atoms with E-state index in [0.29, 0.717) is 28.2 Å². The third-order valence-electron chi connectivity index (χ3n) is 4.32. The molecule has 0 fully saturated rings. The standard InChI is InChI=1S/C19H21FN2O2S/c1-5-15-21-18-17(19(23)22(15)9-8-20)16(12(3)25-18)13-10-11(2)6-7-14(13)24-4/h6-7,10H,5,8-9H2,1-4H3. The van der Waals surface area contributed by atoms with Crippen LogP contribution in [0.25, 0.3) is 21.3 Å². The third kappa shape index (κ3) is 2.95. The molecule has 6 heteroatoms. The number of alkyl halides is 1. The molecule has 1 aromatic carbocycles. The molecule has 0 amide bonds. The first-order valence-corrected chi connectivity index (χ1v) is 9.07. The van der Waals surface area contributed by atoms with Gasteiger partial charge in [-0.2, -0.15) is 0 Å². The Labute approximate surface area is 149 Å². The fourth-order valence-electron chi connectivity index (χ4n) is 3.16. The van der Waals surface area contributed by atoms with Gasteiger partial charge in [-0.15, -0.1) is 11.3 Å². The molecule has 0 atom stereocenters. The van der Waals surface area contributed by atoms with Crippen molar-refractivity contribution in [1.82, 2.24) is 9.55 Å². The van der Waals surface area contributed by atoms with Crippen molar-refractivity contribution in [3.8, 4) is 16.9 Å². The van der Waals surface area contributed by atoms with E-state index in [2.05, 4.69) is 4.98 Å². The molecule has 0 aliphatic rings. The highest BCUT2D eigenvalue weighted by molar-refractivity contribution is 7.19. The lowest BCUT2D eigenvalue weighted by Crippen LogP contribution is -2.25. The van der Waals surface area contributed by atoms with E-state index in [4.69, 9.17) is 4.74 Å². The minimum Gasteiger partial charge on any atom is -0.496 e. The van der Waals surface area contributed by atoms with E-state index in [0.717, 1.165) is 21.6 Å². The van der Waals surface area contributed by atoms with Crippen LogP contribution in [-0.4, -0.2) is 23.3 Å². The highest BCUT2D eigenvalue weighted by Crippen LogP contribution is 2.40. The van der Waals surface area contributed by atoms with Gasteiger partial charge in [-0.25, -0.2) is 9.37 Å². The summed E-state index contributed by atoms with van der Waals surface area (Å²) in [7, 11) is 1.62. The maximum atomic E-state index is 13.1. The summed E-state index contributed by atoms with van der Waals surface area (Å²) in [6.07, 6.45) is 0.589. The van der Waals surface area contributed by atoms with Crippen LogP contribution >= 0.6 is 11.3 Å².